The van der Waals surface area contributed by atoms with Crippen molar-refractivity contribution in [2.24, 2.45) is 0 Å². The number of benzene rings is 2. The van der Waals surface area contributed by atoms with Crippen LogP contribution in [0.5, 0.6) is 0 Å². The molecule has 1 aliphatic heterocycles. The van der Waals surface area contributed by atoms with E-state index >= 15 is 0 Å². The number of hydrogen-bond donors (Lipinski definition) is 1. The third-order valence-electron chi connectivity index (χ3n) is 3.78. The summed E-state index contributed by atoms with van der Waals surface area (Å²) in [6.07, 6.45) is 0.439. The molecule has 22 heavy (non-hydrogen) atoms. The van der Waals surface area contributed by atoms with Gasteiger partial charge in [0.2, 0.25) is 0 Å². The van der Waals surface area contributed by atoms with Crippen molar-refractivity contribution in [2.45, 2.75) is 16.2 Å². The monoisotopic (exact) mass is 361 g/mol. The van der Waals surface area contributed by atoms with Gasteiger partial charge in [0, 0.05) is 0 Å². The number of hydrogen-bond acceptors (Lipinski definition) is 2. The third-order valence-corrected chi connectivity index (χ3v) is 6.72. The molecule has 1 saturated heterocycles. The topological polar surface area (TPSA) is 32.3 Å². The summed E-state index contributed by atoms with van der Waals surface area (Å²) in [6, 6.07) is 18.4. The van der Waals surface area contributed by atoms with Crippen molar-refractivity contribution >= 4 is 26.6 Å². The fourth-order valence-corrected chi connectivity index (χ4v) is 5.38. The summed E-state index contributed by atoms with van der Waals surface area (Å²) in [5, 5.41) is 1.18. The van der Waals surface area contributed by atoms with Crippen LogP contribution in [0.2, 0.25) is 1.41 Å². The maximum absolute atomic E-state index is 12.3. The fourth-order valence-electron chi connectivity index (χ4n) is 2.53. The van der Waals surface area contributed by atoms with Gasteiger partial charge in [0.15, 0.2) is 0 Å². The van der Waals surface area contributed by atoms with Crippen LogP contribution >= 0.6 is 0 Å². The molecule has 1 unspecified atom stereocenters. The van der Waals surface area contributed by atoms with E-state index in [1.807, 2.05) is 44.4 Å². The molecule has 1 aliphatic rings. The molecule has 3 nitrogen and oxygen atoms in total. The Balaban J connectivity index is 1.85. The number of nitrogens with one attached hydrogen (secondary N) is 1. The number of carbonyl (C=O) groups excluding carboxylic acids is 1. The normalized spacial score (nSPS) is 22.4. The molecule has 1 heterocycles. The van der Waals surface area contributed by atoms with Crippen LogP contribution in [0.4, 0.5) is 5.69 Å². The van der Waals surface area contributed by atoms with E-state index in [2.05, 4.69) is 29.2 Å². The molecule has 2 atom stereocenters. The summed E-state index contributed by atoms with van der Waals surface area (Å²) in [5.74, 6) is -0.0892. The summed E-state index contributed by atoms with van der Waals surface area (Å²) in [4.78, 5) is 14.5. The summed E-state index contributed by atoms with van der Waals surface area (Å²) in [6.45, 7) is 0. The fraction of sp³-hybridized carbons (Fsp3) is 0.278. The minimum absolute atomic E-state index is 0.0892. The van der Waals surface area contributed by atoms with Gasteiger partial charge < -0.3 is 0 Å². The minimum atomic E-state index is -0.108. The Hall–Kier alpha value is -1.77. The molecule has 114 valence electrons. The number of amides is 1. The van der Waals surface area contributed by atoms with Crippen molar-refractivity contribution in [2.75, 3.05) is 19.0 Å². The molecule has 1 N–H and O–H groups in total. The van der Waals surface area contributed by atoms with Gasteiger partial charge in [-0.2, -0.15) is 0 Å². The average molecular weight is 360 g/mol. The first-order chi connectivity index (χ1) is 11.1. The molecule has 0 spiro atoms. The van der Waals surface area contributed by atoms with Crippen LogP contribution in [0.15, 0.2) is 54.6 Å². The van der Waals surface area contributed by atoms with Crippen LogP contribution in [0.3, 0.4) is 0 Å². The molecule has 0 radical (unpaired) electrons. The Morgan fingerprint density at radius 1 is 1.09 bits per heavy atom. The standard InChI is InChI=1S/C18H20N2OSe/c1-20(2)15-10-8-13(9-11-15)16-12-17(21)19-18(22-16)14-6-4-3-5-7-14/h3-11,16,18H,12H2,1-2H3,(H,19,21)/t16?,18-/m1/s1/i/hD. The number of nitrogens with zero attached hydrogens (tertiary/aromatic N) is 1. The van der Waals surface area contributed by atoms with E-state index in [1.165, 1.54) is 10.9 Å². The van der Waals surface area contributed by atoms with Gasteiger partial charge in [-0.05, 0) is 0 Å². The van der Waals surface area contributed by atoms with E-state index in [0.29, 0.717) is 6.42 Å². The van der Waals surface area contributed by atoms with Crippen molar-refractivity contribution in [1.82, 2.24) is 5.31 Å². The zero-order valence-corrected chi connectivity index (χ0v) is 14.5. The van der Waals surface area contributed by atoms with Gasteiger partial charge in [-0.3, -0.25) is 0 Å². The van der Waals surface area contributed by atoms with Gasteiger partial charge in [0.05, 0.1) is 0 Å². The molecular formula is C18H20N2OSe. The molecule has 0 saturated carbocycles. The van der Waals surface area contributed by atoms with Gasteiger partial charge in [-0.25, -0.2) is 0 Å². The van der Waals surface area contributed by atoms with Crippen LogP contribution in [0, 0.1) is 0 Å². The Labute approximate surface area is 139 Å². The quantitative estimate of drug-likeness (QED) is 0.854. The maximum atomic E-state index is 12.3. The molecule has 4 heteroatoms. The van der Waals surface area contributed by atoms with Crippen LogP contribution in [0.1, 0.15) is 27.3 Å². The summed E-state index contributed by atoms with van der Waals surface area (Å²) in [5.41, 5.74) is 3.42. The SMILES string of the molecule is [2H]N1C(=O)CC(c2ccc(N(C)C)cc2)[Se][C@@H]1c1ccccc1. The number of anilines is 1. The van der Waals surface area contributed by atoms with Crippen LogP contribution in [0.25, 0.3) is 0 Å². The first kappa shape index (κ1) is 13.9. The van der Waals surface area contributed by atoms with Crippen molar-refractivity contribution in [3.63, 3.8) is 0 Å². The van der Waals surface area contributed by atoms with Crippen LogP contribution in [-0.4, -0.2) is 35.0 Å². The zero-order chi connectivity index (χ0) is 16.4. The van der Waals surface area contributed by atoms with Gasteiger partial charge >= 0.3 is 139 Å². The Morgan fingerprint density at radius 2 is 1.77 bits per heavy atom. The van der Waals surface area contributed by atoms with Gasteiger partial charge in [0.1, 0.15) is 0 Å². The molecule has 2 aromatic carbocycles. The van der Waals surface area contributed by atoms with E-state index in [4.69, 9.17) is 1.41 Å². The Kier molecular flexibility index (Phi) is 4.13. The van der Waals surface area contributed by atoms with E-state index < -0.39 is 0 Å². The molecule has 0 bridgehead atoms. The van der Waals surface area contributed by atoms with Gasteiger partial charge in [-0.1, -0.05) is 0 Å². The first-order valence-corrected chi connectivity index (χ1v) is 9.32. The van der Waals surface area contributed by atoms with E-state index in [1.54, 1.807) is 0 Å². The predicted molar refractivity (Wildman–Crippen MR) is 91.2 cm³/mol. The van der Waals surface area contributed by atoms with E-state index in [-0.39, 0.29) is 30.6 Å². The summed E-state index contributed by atoms with van der Waals surface area (Å²) in [7, 11) is 4.04. The van der Waals surface area contributed by atoms with Crippen LogP contribution < -0.4 is 10.2 Å². The van der Waals surface area contributed by atoms with Crippen molar-refractivity contribution < 1.29 is 6.21 Å². The van der Waals surface area contributed by atoms with Crippen molar-refractivity contribution in [3.8, 4) is 0 Å². The second-order valence-corrected chi connectivity index (χ2v) is 8.30. The molecule has 0 aromatic heterocycles. The van der Waals surface area contributed by atoms with Crippen LogP contribution in [-0.2, 0) is 4.79 Å². The van der Waals surface area contributed by atoms with E-state index in [0.717, 1.165) is 11.3 Å². The molecule has 0 aliphatic carbocycles. The molecule has 1 amide bonds. The van der Waals surface area contributed by atoms with Crippen molar-refractivity contribution in [1.29, 1.82) is 0 Å². The second kappa shape index (κ2) is 6.55. The van der Waals surface area contributed by atoms with Crippen molar-refractivity contribution in [3.05, 3.63) is 65.7 Å². The molecule has 2 aromatic rings. The number of rotatable bonds is 3. The zero-order valence-electron chi connectivity index (χ0n) is 13.8. The van der Waals surface area contributed by atoms with Gasteiger partial charge in [0.25, 0.3) is 0 Å². The Morgan fingerprint density at radius 3 is 2.41 bits per heavy atom. The second-order valence-electron chi connectivity index (χ2n) is 5.60. The Bertz CT molecular complexity index is 675. The summed E-state index contributed by atoms with van der Waals surface area (Å²) < 4.78 is 8.11. The van der Waals surface area contributed by atoms with Gasteiger partial charge in [-0.15, -0.1) is 0 Å². The summed E-state index contributed by atoms with van der Waals surface area (Å²) >= 11 is 0.136. The average Bonchev–Trinajstić information content (AvgIpc) is 2.58. The van der Waals surface area contributed by atoms with E-state index in [9.17, 15) is 4.79 Å². The third kappa shape index (κ3) is 3.34. The molecular weight excluding hydrogens is 339 g/mol. The predicted octanol–water partition coefficient (Wildman–Crippen LogP) is 2.72. The number of carbonyl (C=O) groups is 1. The molecule has 3 rings (SSSR count). The first-order valence-electron chi connectivity index (χ1n) is 7.79. The molecule has 1 fully saturated rings.